The molecule has 122 valence electrons. The Balaban J connectivity index is 1.62. The van der Waals surface area contributed by atoms with E-state index in [0.29, 0.717) is 11.6 Å². The minimum atomic E-state index is -0.507. The Bertz CT molecular complexity index is 522. The molecule has 3 rings (SSSR count). The molecule has 2 fully saturated rings. The minimum Gasteiger partial charge on any atom is -0.389 e. The number of β-amino-alcohol motifs (C(OH)–C–C–N with tert-alkyl or cyclic N) is 1. The number of hydrogen-bond donors (Lipinski definition) is 3. The number of nitrogens with two attached hydrogens (primary N) is 1. The van der Waals surface area contributed by atoms with Gasteiger partial charge in [0.2, 0.25) is 0 Å². The van der Waals surface area contributed by atoms with E-state index in [9.17, 15) is 9.90 Å². The van der Waals surface area contributed by atoms with E-state index in [-0.39, 0.29) is 0 Å². The van der Waals surface area contributed by atoms with Gasteiger partial charge in [-0.2, -0.15) is 5.10 Å². The predicted octanol–water partition coefficient (Wildman–Crippen LogP) is 1.38. The molecule has 2 aliphatic rings. The summed E-state index contributed by atoms with van der Waals surface area (Å²) in [5.41, 5.74) is 6.04. The van der Waals surface area contributed by atoms with E-state index in [4.69, 9.17) is 5.73 Å². The number of amides is 1. The fraction of sp³-hybridized carbons (Fsp3) is 0.750. The molecule has 0 spiro atoms. The Labute approximate surface area is 131 Å². The van der Waals surface area contributed by atoms with Gasteiger partial charge in [0.1, 0.15) is 5.69 Å². The minimum absolute atomic E-state index is 0.304. The van der Waals surface area contributed by atoms with Crippen LogP contribution in [-0.2, 0) is 0 Å². The van der Waals surface area contributed by atoms with Crippen LogP contribution in [0.2, 0.25) is 0 Å². The number of primary amides is 1. The van der Waals surface area contributed by atoms with Gasteiger partial charge in [0.15, 0.2) is 0 Å². The maximum atomic E-state index is 11.2. The first-order valence-electron chi connectivity index (χ1n) is 8.36. The summed E-state index contributed by atoms with van der Waals surface area (Å²) in [6.45, 7) is 2.71. The second-order valence-electron chi connectivity index (χ2n) is 6.93. The largest absolute Gasteiger partial charge is 0.389 e. The van der Waals surface area contributed by atoms with Gasteiger partial charge >= 0.3 is 0 Å². The number of hydrogen-bond acceptors (Lipinski definition) is 4. The fourth-order valence-corrected chi connectivity index (χ4v) is 3.91. The van der Waals surface area contributed by atoms with Crippen LogP contribution in [0.4, 0.5) is 0 Å². The number of aliphatic hydroxyl groups is 1. The molecule has 1 unspecified atom stereocenters. The van der Waals surface area contributed by atoms with E-state index in [1.165, 1.54) is 6.42 Å². The molecule has 1 aromatic rings. The Hall–Kier alpha value is -1.40. The van der Waals surface area contributed by atoms with Gasteiger partial charge in [-0.25, -0.2) is 0 Å². The number of carbonyl (C=O) groups excluding carboxylic acids is 1. The van der Waals surface area contributed by atoms with E-state index < -0.39 is 11.5 Å². The SMILES string of the molecule is NC(=O)c1cc(C2CCCN(CC3(O)CCCCC3)C2)[nH]n1. The van der Waals surface area contributed by atoms with Gasteiger partial charge in [-0.05, 0) is 38.3 Å². The van der Waals surface area contributed by atoms with Crippen molar-refractivity contribution in [1.82, 2.24) is 15.1 Å². The van der Waals surface area contributed by atoms with Gasteiger partial charge in [-0.1, -0.05) is 19.3 Å². The van der Waals surface area contributed by atoms with Crippen LogP contribution in [0.15, 0.2) is 6.07 Å². The number of carbonyl (C=O) groups is 1. The molecule has 4 N–H and O–H groups in total. The topological polar surface area (TPSA) is 95.2 Å². The highest BCUT2D eigenvalue weighted by Crippen LogP contribution is 2.32. The van der Waals surface area contributed by atoms with E-state index in [0.717, 1.165) is 63.9 Å². The lowest BCUT2D eigenvalue weighted by Crippen LogP contribution is -2.47. The number of nitrogens with zero attached hydrogens (tertiary/aromatic N) is 2. The molecule has 1 saturated carbocycles. The van der Waals surface area contributed by atoms with Crippen molar-refractivity contribution in [2.75, 3.05) is 19.6 Å². The van der Waals surface area contributed by atoms with Crippen molar-refractivity contribution in [3.8, 4) is 0 Å². The van der Waals surface area contributed by atoms with E-state index >= 15 is 0 Å². The maximum Gasteiger partial charge on any atom is 0.269 e. The van der Waals surface area contributed by atoms with Gasteiger partial charge in [0.25, 0.3) is 5.91 Å². The zero-order valence-electron chi connectivity index (χ0n) is 13.1. The first kappa shape index (κ1) is 15.5. The van der Waals surface area contributed by atoms with Gasteiger partial charge in [-0.3, -0.25) is 14.8 Å². The highest BCUT2D eigenvalue weighted by Gasteiger charge is 2.33. The molecule has 1 aromatic heterocycles. The quantitative estimate of drug-likeness (QED) is 0.783. The van der Waals surface area contributed by atoms with Crippen molar-refractivity contribution in [3.63, 3.8) is 0 Å². The van der Waals surface area contributed by atoms with Gasteiger partial charge in [0.05, 0.1) is 5.60 Å². The molecule has 22 heavy (non-hydrogen) atoms. The lowest BCUT2D eigenvalue weighted by Gasteiger charge is -2.40. The molecular formula is C16H26N4O2. The smallest absolute Gasteiger partial charge is 0.269 e. The molecule has 2 heterocycles. The number of piperidine rings is 1. The molecule has 1 amide bonds. The Kier molecular flexibility index (Phi) is 4.49. The summed E-state index contributed by atoms with van der Waals surface area (Å²) < 4.78 is 0. The van der Waals surface area contributed by atoms with Crippen molar-refractivity contribution < 1.29 is 9.90 Å². The summed E-state index contributed by atoms with van der Waals surface area (Å²) in [6.07, 6.45) is 7.54. The molecule has 1 saturated heterocycles. The molecule has 1 aliphatic heterocycles. The van der Waals surface area contributed by atoms with Gasteiger partial charge < -0.3 is 10.8 Å². The van der Waals surface area contributed by atoms with E-state index in [1.54, 1.807) is 6.07 Å². The first-order chi connectivity index (χ1) is 10.6. The molecule has 1 aliphatic carbocycles. The van der Waals surface area contributed by atoms with Crippen LogP contribution in [-0.4, -0.2) is 51.3 Å². The summed E-state index contributed by atoms with van der Waals surface area (Å²) >= 11 is 0. The lowest BCUT2D eigenvalue weighted by atomic mass is 9.83. The Morgan fingerprint density at radius 3 is 2.86 bits per heavy atom. The molecule has 6 nitrogen and oxygen atoms in total. The molecule has 6 heteroatoms. The number of aromatic amines is 1. The first-order valence-corrected chi connectivity index (χ1v) is 8.36. The average Bonchev–Trinajstić information content (AvgIpc) is 2.98. The van der Waals surface area contributed by atoms with Crippen LogP contribution in [0, 0.1) is 0 Å². The summed E-state index contributed by atoms with van der Waals surface area (Å²) in [4.78, 5) is 13.5. The van der Waals surface area contributed by atoms with Crippen LogP contribution in [0.3, 0.4) is 0 Å². The summed E-state index contributed by atoms with van der Waals surface area (Å²) in [5.74, 6) is -0.159. The number of likely N-dealkylation sites (tertiary alicyclic amines) is 1. The number of H-pyrrole nitrogens is 1. The Morgan fingerprint density at radius 2 is 2.18 bits per heavy atom. The van der Waals surface area contributed by atoms with Crippen molar-refractivity contribution >= 4 is 5.91 Å². The fourth-order valence-electron chi connectivity index (χ4n) is 3.91. The Morgan fingerprint density at radius 1 is 1.41 bits per heavy atom. The maximum absolute atomic E-state index is 11.2. The number of nitrogens with one attached hydrogen (secondary N) is 1. The second-order valence-corrected chi connectivity index (χ2v) is 6.93. The molecule has 0 radical (unpaired) electrons. The van der Waals surface area contributed by atoms with Crippen LogP contribution < -0.4 is 5.73 Å². The zero-order chi connectivity index (χ0) is 15.6. The van der Waals surface area contributed by atoms with E-state index in [2.05, 4.69) is 15.1 Å². The van der Waals surface area contributed by atoms with E-state index in [1.807, 2.05) is 0 Å². The van der Waals surface area contributed by atoms with Crippen LogP contribution in [0.25, 0.3) is 0 Å². The predicted molar refractivity (Wildman–Crippen MR) is 83.6 cm³/mol. The van der Waals surface area contributed by atoms with Crippen molar-refractivity contribution in [3.05, 3.63) is 17.5 Å². The van der Waals surface area contributed by atoms with Crippen LogP contribution >= 0.6 is 0 Å². The third-order valence-corrected chi connectivity index (χ3v) is 5.10. The molecule has 0 aromatic carbocycles. The second kappa shape index (κ2) is 6.38. The number of aromatic nitrogens is 2. The zero-order valence-corrected chi connectivity index (χ0v) is 13.1. The molecular weight excluding hydrogens is 280 g/mol. The lowest BCUT2D eigenvalue weighted by molar-refractivity contribution is -0.0314. The van der Waals surface area contributed by atoms with Crippen molar-refractivity contribution in [2.45, 2.75) is 56.5 Å². The van der Waals surface area contributed by atoms with Gasteiger partial charge in [-0.15, -0.1) is 0 Å². The normalized spacial score (nSPS) is 26.0. The monoisotopic (exact) mass is 306 g/mol. The third kappa shape index (κ3) is 3.50. The van der Waals surface area contributed by atoms with Crippen LogP contribution in [0.1, 0.15) is 67.0 Å². The molecule has 1 atom stereocenters. The van der Waals surface area contributed by atoms with Gasteiger partial charge in [0, 0.05) is 24.7 Å². The summed E-state index contributed by atoms with van der Waals surface area (Å²) in [5, 5.41) is 17.7. The standard InChI is InChI=1S/C16H26N4O2/c17-15(21)14-9-13(18-19-14)12-5-4-8-20(10-12)11-16(22)6-2-1-3-7-16/h9,12,22H,1-8,10-11H2,(H2,17,21)(H,18,19). The van der Waals surface area contributed by atoms with Crippen molar-refractivity contribution in [1.29, 1.82) is 0 Å². The third-order valence-electron chi connectivity index (χ3n) is 5.10. The number of rotatable bonds is 4. The average molecular weight is 306 g/mol. The highest BCUT2D eigenvalue weighted by molar-refractivity contribution is 5.90. The van der Waals surface area contributed by atoms with Crippen LogP contribution in [0.5, 0.6) is 0 Å². The highest BCUT2D eigenvalue weighted by atomic mass is 16.3. The molecule has 0 bridgehead atoms. The summed E-state index contributed by atoms with van der Waals surface area (Å²) in [6, 6.07) is 1.77. The summed E-state index contributed by atoms with van der Waals surface area (Å²) in [7, 11) is 0. The van der Waals surface area contributed by atoms with Crippen molar-refractivity contribution in [2.24, 2.45) is 5.73 Å².